The molecule has 8 heteroatoms. The maximum Gasteiger partial charge on any atom is 0.273 e. The van der Waals surface area contributed by atoms with Crippen molar-refractivity contribution >= 4 is 22.6 Å². The Morgan fingerprint density at radius 2 is 1.76 bits per heavy atom. The van der Waals surface area contributed by atoms with Crippen LogP contribution >= 0.6 is 0 Å². The summed E-state index contributed by atoms with van der Waals surface area (Å²) in [5.41, 5.74) is -0.912. The van der Waals surface area contributed by atoms with Crippen molar-refractivity contribution in [1.82, 2.24) is 9.55 Å². The number of aromatic hydroxyl groups is 1. The zero-order valence-corrected chi connectivity index (χ0v) is 14.8. The highest BCUT2D eigenvalue weighted by atomic mass is 19.1. The van der Waals surface area contributed by atoms with E-state index >= 15 is 0 Å². The van der Waals surface area contributed by atoms with E-state index in [4.69, 9.17) is 0 Å². The van der Waals surface area contributed by atoms with E-state index in [2.05, 4.69) is 10.3 Å². The van der Waals surface area contributed by atoms with E-state index in [0.717, 1.165) is 22.8 Å². The largest absolute Gasteiger partial charge is 0.506 e. The molecule has 2 aromatic heterocycles. The summed E-state index contributed by atoms with van der Waals surface area (Å²) < 4.78 is 27.8. The quantitative estimate of drug-likeness (QED) is 0.557. The number of amides is 1. The van der Waals surface area contributed by atoms with Gasteiger partial charge in [-0.05, 0) is 54.6 Å². The highest BCUT2D eigenvalue weighted by Crippen LogP contribution is 2.27. The number of hydrogen-bond acceptors (Lipinski definition) is 4. The minimum Gasteiger partial charge on any atom is -0.506 e. The minimum absolute atomic E-state index is 0.101. The lowest BCUT2D eigenvalue weighted by Gasteiger charge is -2.14. The average Bonchev–Trinajstić information content (AvgIpc) is 2.69. The van der Waals surface area contributed by atoms with E-state index in [1.54, 1.807) is 0 Å². The topological polar surface area (TPSA) is 84.2 Å². The van der Waals surface area contributed by atoms with Crippen LogP contribution in [0.5, 0.6) is 5.75 Å². The zero-order chi connectivity index (χ0) is 20.5. The van der Waals surface area contributed by atoms with Gasteiger partial charge in [-0.15, -0.1) is 0 Å². The first-order valence-electron chi connectivity index (χ1n) is 8.51. The summed E-state index contributed by atoms with van der Waals surface area (Å²) in [5, 5.41) is 13.2. The number of hydrogen-bond donors (Lipinski definition) is 2. The number of benzene rings is 2. The molecular formula is C21H13F2N3O3. The molecule has 0 saturated carbocycles. The van der Waals surface area contributed by atoms with E-state index in [1.165, 1.54) is 48.7 Å². The van der Waals surface area contributed by atoms with Crippen LogP contribution < -0.4 is 10.9 Å². The number of aromatic nitrogens is 2. The molecule has 0 fully saturated rings. The fourth-order valence-electron chi connectivity index (χ4n) is 3.00. The molecule has 4 rings (SSSR count). The van der Waals surface area contributed by atoms with Gasteiger partial charge in [0, 0.05) is 11.9 Å². The third-order valence-corrected chi connectivity index (χ3v) is 4.30. The summed E-state index contributed by atoms with van der Waals surface area (Å²) in [6.45, 7) is 0. The second kappa shape index (κ2) is 7.16. The summed E-state index contributed by atoms with van der Waals surface area (Å²) in [4.78, 5) is 30.0. The molecule has 0 spiro atoms. The average molecular weight is 393 g/mol. The van der Waals surface area contributed by atoms with E-state index in [9.17, 15) is 23.5 Å². The predicted octanol–water partition coefficient (Wildman–Crippen LogP) is 3.62. The molecule has 29 heavy (non-hydrogen) atoms. The number of fused-ring (bicyclic) bond motifs is 1. The van der Waals surface area contributed by atoms with Crippen LogP contribution in [-0.4, -0.2) is 20.6 Å². The molecule has 0 aliphatic carbocycles. The highest BCUT2D eigenvalue weighted by molar-refractivity contribution is 6.09. The lowest BCUT2D eigenvalue weighted by atomic mass is 10.1. The molecule has 2 N–H and O–H groups in total. The summed E-state index contributed by atoms with van der Waals surface area (Å²) >= 11 is 0. The van der Waals surface area contributed by atoms with Crippen molar-refractivity contribution in [3.05, 3.63) is 94.4 Å². The molecule has 2 aromatic carbocycles. The number of carbonyl (C=O) groups excluding carboxylic acids is 1. The monoisotopic (exact) mass is 393 g/mol. The summed E-state index contributed by atoms with van der Waals surface area (Å²) in [5.74, 6) is -2.54. The number of halogens is 2. The van der Waals surface area contributed by atoms with Crippen molar-refractivity contribution < 1.29 is 18.7 Å². The first-order valence-corrected chi connectivity index (χ1v) is 8.51. The van der Waals surface area contributed by atoms with Crippen molar-refractivity contribution in [2.75, 3.05) is 5.32 Å². The van der Waals surface area contributed by atoms with Gasteiger partial charge in [0.25, 0.3) is 11.5 Å². The molecule has 0 atom stereocenters. The first kappa shape index (κ1) is 18.3. The Labute approximate surface area is 162 Å². The van der Waals surface area contributed by atoms with Gasteiger partial charge in [0.1, 0.15) is 22.9 Å². The number of anilines is 1. The Morgan fingerprint density at radius 1 is 1.00 bits per heavy atom. The number of nitrogens with zero attached hydrogens (tertiary/aromatic N) is 2. The fourth-order valence-corrected chi connectivity index (χ4v) is 3.00. The Kier molecular flexibility index (Phi) is 4.52. The Morgan fingerprint density at radius 3 is 2.48 bits per heavy atom. The number of carbonyl (C=O) groups is 1. The maximum absolute atomic E-state index is 13.4. The van der Waals surface area contributed by atoms with Gasteiger partial charge >= 0.3 is 0 Å². The molecule has 0 radical (unpaired) electrons. The summed E-state index contributed by atoms with van der Waals surface area (Å²) in [6, 6.07) is 13.2. The van der Waals surface area contributed by atoms with Crippen LogP contribution in [0.4, 0.5) is 14.5 Å². The van der Waals surface area contributed by atoms with Gasteiger partial charge in [-0.3, -0.25) is 14.2 Å². The molecule has 0 unspecified atom stereocenters. The van der Waals surface area contributed by atoms with Crippen LogP contribution in [0.15, 0.2) is 71.7 Å². The SMILES string of the molecule is O=C(Nc1cccc(F)c1)c1c(O)c2cccnc2n(-c2ccc(F)cc2)c1=O. The van der Waals surface area contributed by atoms with E-state index in [1.807, 2.05) is 0 Å². The van der Waals surface area contributed by atoms with Crippen LogP contribution in [0.2, 0.25) is 0 Å². The summed E-state index contributed by atoms with van der Waals surface area (Å²) in [7, 11) is 0. The predicted molar refractivity (Wildman–Crippen MR) is 103 cm³/mol. The molecule has 1 amide bonds. The Balaban J connectivity index is 1.94. The van der Waals surface area contributed by atoms with Crippen molar-refractivity contribution in [2.45, 2.75) is 0 Å². The second-order valence-corrected chi connectivity index (χ2v) is 6.18. The van der Waals surface area contributed by atoms with Gasteiger partial charge in [-0.1, -0.05) is 6.07 Å². The van der Waals surface area contributed by atoms with Gasteiger partial charge in [0.05, 0.1) is 11.1 Å². The van der Waals surface area contributed by atoms with Crippen LogP contribution in [0.3, 0.4) is 0 Å². The lowest BCUT2D eigenvalue weighted by molar-refractivity contribution is 0.102. The smallest absolute Gasteiger partial charge is 0.273 e. The van der Waals surface area contributed by atoms with Gasteiger partial charge < -0.3 is 10.4 Å². The Bertz CT molecular complexity index is 1300. The minimum atomic E-state index is -0.917. The van der Waals surface area contributed by atoms with Crippen LogP contribution in [0.1, 0.15) is 10.4 Å². The van der Waals surface area contributed by atoms with Crippen LogP contribution in [-0.2, 0) is 0 Å². The molecule has 0 saturated heterocycles. The van der Waals surface area contributed by atoms with E-state index in [0.29, 0.717) is 0 Å². The van der Waals surface area contributed by atoms with Gasteiger partial charge in [0.2, 0.25) is 0 Å². The Hall–Kier alpha value is -4.07. The van der Waals surface area contributed by atoms with Gasteiger partial charge in [-0.25, -0.2) is 13.8 Å². The van der Waals surface area contributed by atoms with Crippen molar-refractivity contribution in [1.29, 1.82) is 0 Å². The van der Waals surface area contributed by atoms with E-state index < -0.39 is 34.4 Å². The van der Waals surface area contributed by atoms with Crippen LogP contribution in [0.25, 0.3) is 16.7 Å². The number of nitrogens with one attached hydrogen (secondary N) is 1. The molecule has 4 aromatic rings. The van der Waals surface area contributed by atoms with Gasteiger partial charge in [0.15, 0.2) is 5.65 Å². The number of rotatable bonds is 3. The first-order chi connectivity index (χ1) is 14.0. The molecular weight excluding hydrogens is 380 g/mol. The fraction of sp³-hybridized carbons (Fsp3) is 0. The van der Waals surface area contributed by atoms with Crippen molar-refractivity contribution in [3.63, 3.8) is 0 Å². The van der Waals surface area contributed by atoms with Crippen molar-refractivity contribution in [3.8, 4) is 11.4 Å². The molecule has 6 nitrogen and oxygen atoms in total. The maximum atomic E-state index is 13.4. The summed E-state index contributed by atoms with van der Waals surface area (Å²) in [6.07, 6.45) is 1.42. The normalized spacial score (nSPS) is 10.8. The molecule has 0 aliphatic heterocycles. The second-order valence-electron chi connectivity index (χ2n) is 6.18. The lowest BCUT2D eigenvalue weighted by Crippen LogP contribution is -2.29. The van der Waals surface area contributed by atoms with Gasteiger partial charge in [-0.2, -0.15) is 0 Å². The standard InChI is InChI=1S/C21H13F2N3O3/c22-12-6-8-15(9-7-12)26-19-16(5-2-10-24-19)18(27)17(21(26)29)20(28)25-14-4-1-3-13(23)11-14/h1-11,27H,(H,25,28). The third kappa shape index (κ3) is 3.31. The van der Waals surface area contributed by atoms with Crippen molar-refractivity contribution in [2.24, 2.45) is 0 Å². The molecule has 0 aliphatic rings. The number of pyridine rings is 2. The molecule has 144 valence electrons. The van der Waals surface area contributed by atoms with E-state index in [-0.39, 0.29) is 22.4 Å². The zero-order valence-electron chi connectivity index (χ0n) is 14.8. The third-order valence-electron chi connectivity index (χ3n) is 4.30. The molecule has 0 bridgehead atoms. The van der Waals surface area contributed by atoms with Crippen LogP contribution in [0, 0.1) is 11.6 Å². The highest BCUT2D eigenvalue weighted by Gasteiger charge is 2.23. The molecule has 2 heterocycles.